The van der Waals surface area contributed by atoms with Gasteiger partial charge in [0.25, 0.3) is 0 Å². The molecule has 0 aliphatic carbocycles. The number of rotatable bonds is 10. The summed E-state index contributed by atoms with van der Waals surface area (Å²) in [5.74, 6) is 0.861. The Kier molecular flexibility index (Phi) is 8.68. The van der Waals surface area contributed by atoms with E-state index in [9.17, 15) is 4.79 Å². The van der Waals surface area contributed by atoms with Crippen molar-refractivity contribution in [3.05, 3.63) is 35.7 Å². The van der Waals surface area contributed by atoms with Crippen LogP contribution in [0.3, 0.4) is 0 Å². The first kappa shape index (κ1) is 22.9. The van der Waals surface area contributed by atoms with E-state index in [2.05, 4.69) is 54.1 Å². The fourth-order valence-corrected chi connectivity index (χ4v) is 4.02. The Balaban J connectivity index is 2.17. The summed E-state index contributed by atoms with van der Waals surface area (Å²) in [6.07, 6.45) is 3.10. The fraction of sp³-hybridized carbons (Fsp3) is 0.524. The zero-order valence-electron chi connectivity index (χ0n) is 17.9. The van der Waals surface area contributed by atoms with Crippen LogP contribution in [0.15, 0.2) is 29.4 Å². The number of carbonyl (C=O) groups excluding carboxylic acids is 1. The lowest BCUT2D eigenvalue weighted by Gasteiger charge is -2.20. The predicted molar refractivity (Wildman–Crippen MR) is 116 cm³/mol. The molecule has 0 radical (unpaired) electrons. The molecule has 0 aliphatic rings. The molecule has 1 aromatic heterocycles. The zero-order chi connectivity index (χ0) is 21.4. The maximum atomic E-state index is 12.7. The second-order valence-electron chi connectivity index (χ2n) is 7.33. The van der Waals surface area contributed by atoms with Crippen LogP contribution >= 0.6 is 11.8 Å². The smallest absolute Gasteiger partial charge is 0.237 e. The van der Waals surface area contributed by atoms with E-state index in [1.807, 2.05) is 6.92 Å². The topological polar surface area (TPSA) is 88.0 Å². The lowest BCUT2D eigenvalue weighted by atomic mass is 10.2. The third-order valence-corrected chi connectivity index (χ3v) is 5.89. The van der Waals surface area contributed by atoms with Crippen molar-refractivity contribution in [1.29, 1.82) is 5.26 Å². The Morgan fingerprint density at radius 1 is 1.34 bits per heavy atom. The van der Waals surface area contributed by atoms with Crippen LogP contribution in [0, 0.1) is 11.3 Å². The van der Waals surface area contributed by atoms with Crippen molar-refractivity contribution >= 4 is 23.4 Å². The highest BCUT2D eigenvalue weighted by Gasteiger charge is 2.26. The molecule has 1 amide bonds. The highest BCUT2D eigenvalue weighted by molar-refractivity contribution is 8.00. The highest BCUT2D eigenvalue weighted by atomic mass is 32.2. The van der Waals surface area contributed by atoms with Crippen LogP contribution in [0.4, 0.5) is 5.69 Å². The summed E-state index contributed by atoms with van der Waals surface area (Å²) in [5.41, 5.74) is 1.14. The Hall–Kier alpha value is -2.37. The largest absolute Gasteiger partial charge is 0.331 e. The number of quaternary nitrogens is 1. The van der Waals surface area contributed by atoms with Gasteiger partial charge in [-0.05, 0) is 31.5 Å². The van der Waals surface area contributed by atoms with Gasteiger partial charge in [0.15, 0.2) is 11.0 Å². The van der Waals surface area contributed by atoms with Gasteiger partial charge in [-0.25, -0.2) is 0 Å². The molecule has 0 saturated carbocycles. The van der Waals surface area contributed by atoms with Crippen molar-refractivity contribution in [3.8, 4) is 6.07 Å². The SMILES string of the molecule is CCCCn1c(S[C@H](C)C(=O)Nc2cccc(C#N)c2)nnc1[C@H](CC)[NH+](C)C. The number of nitrogens with zero attached hydrogens (tertiary/aromatic N) is 4. The van der Waals surface area contributed by atoms with E-state index in [0.717, 1.165) is 36.8 Å². The third kappa shape index (κ3) is 6.05. The number of aromatic nitrogens is 3. The van der Waals surface area contributed by atoms with Crippen LogP contribution in [0.25, 0.3) is 0 Å². The minimum Gasteiger partial charge on any atom is -0.331 e. The summed E-state index contributed by atoms with van der Waals surface area (Å²) in [4.78, 5) is 14.0. The number of thioether (sulfide) groups is 1. The molecule has 0 fully saturated rings. The van der Waals surface area contributed by atoms with Crippen LogP contribution < -0.4 is 10.2 Å². The molecule has 7 nitrogen and oxygen atoms in total. The first-order valence-electron chi connectivity index (χ1n) is 10.1. The minimum absolute atomic E-state index is 0.123. The van der Waals surface area contributed by atoms with Crippen LogP contribution in [0.2, 0.25) is 0 Å². The number of nitriles is 1. The monoisotopic (exact) mass is 415 g/mol. The first-order chi connectivity index (χ1) is 13.9. The van der Waals surface area contributed by atoms with Gasteiger partial charge in [0.1, 0.15) is 6.04 Å². The second-order valence-corrected chi connectivity index (χ2v) is 8.63. The maximum absolute atomic E-state index is 12.7. The van der Waals surface area contributed by atoms with Crippen LogP contribution in [-0.4, -0.2) is 40.0 Å². The van der Waals surface area contributed by atoms with E-state index in [1.54, 1.807) is 24.3 Å². The lowest BCUT2D eigenvalue weighted by Crippen LogP contribution is -3.06. The molecule has 2 N–H and O–H groups in total. The van der Waals surface area contributed by atoms with Crippen LogP contribution in [-0.2, 0) is 11.3 Å². The molecular formula is C21H31N6OS+. The molecule has 0 aliphatic heterocycles. The number of hydrogen-bond acceptors (Lipinski definition) is 5. The summed E-state index contributed by atoms with van der Waals surface area (Å²) in [6, 6.07) is 9.27. The van der Waals surface area contributed by atoms with Crippen molar-refractivity contribution in [2.24, 2.45) is 0 Å². The molecule has 29 heavy (non-hydrogen) atoms. The molecule has 0 saturated heterocycles. The molecule has 0 unspecified atom stereocenters. The predicted octanol–water partition coefficient (Wildman–Crippen LogP) is 2.66. The Morgan fingerprint density at radius 2 is 2.10 bits per heavy atom. The quantitative estimate of drug-likeness (QED) is 0.583. The summed E-state index contributed by atoms with van der Waals surface area (Å²) in [6.45, 7) is 7.04. The molecule has 8 heteroatoms. The number of anilines is 1. The maximum Gasteiger partial charge on any atom is 0.237 e. The first-order valence-corrected chi connectivity index (χ1v) is 11.0. The van der Waals surface area contributed by atoms with E-state index < -0.39 is 0 Å². The van der Waals surface area contributed by atoms with Gasteiger partial charge in [0, 0.05) is 18.7 Å². The molecule has 2 aromatic rings. The Morgan fingerprint density at radius 3 is 2.72 bits per heavy atom. The third-order valence-electron chi connectivity index (χ3n) is 4.81. The van der Waals surface area contributed by atoms with Gasteiger partial charge in [-0.2, -0.15) is 5.26 Å². The molecule has 2 atom stereocenters. The van der Waals surface area contributed by atoms with Gasteiger partial charge in [-0.15, -0.1) is 10.2 Å². The van der Waals surface area contributed by atoms with Crippen molar-refractivity contribution < 1.29 is 9.69 Å². The summed E-state index contributed by atoms with van der Waals surface area (Å²) >= 11 is 1.42. The number of benzene rings is 1. The number of hydrogen-bond donors (Lipinski definition) is 2. The zero-order valence-corrected chi connectivity index (χ0v) is 18.7. The van der Waals surface area contributed by atoms with Gasteiger partial charge in [-0.3, -0.25) is 4.79 Å². The molecule has 1 aromatic carbocycles. The average Bonchev–Trinajstić information content (AvgIpc) is 3.08. The van der Waals surface area contributed by atoms with Crippen molar-refractivity contribution in [3.63, 3.8) is 0 Å². The van der Waals surface area contributed by atoms with Crippen molar-refractivity contribution in [1.82, 2.24) is 14.8 Å². The average molecular weight is 416 g/mol. The second kappa shape index (κ2) is 11.0. The van der Waals surface area contributed by atoms with E-state index >= 15 is 0 Å². The van der Waals surface area contributed by atoms with E-state index in [-0.39, 0.29) is 17.2 Å². The Labute approximate surface area is 177 Å². The molecule has 156 valence electrons. The van der Waals surface area contributed by atoms with Gasteiger partial charge < -0.3 is 14.8 Å². The van der Waals surface area contributed by atoms with E-state index in [1.165, 1.54) is 16.7 Å². The standard InChI is InChI=1S/C21H30N6OS/c1-6-8-12-27-19(18(7-2)26(4)5)24-25-21(27)29-15(3)20(28)23-17-11-9-10-16(13-17)14-22/h9-11,13,15,18H,6-8,12H2,1-5H3,(H,23,28)/p+1/t15-,18+/m1/s1. The van der Waals surface area contributed by atoms with Crippen LogP contribution in [0.1, 0.15) is 57.5 Å². The minimum atomic E-state index is -0.343. The van der Waals surface area contributed by atoms with E-state index in [4.69, 9.17) is 5.26 Å². The van der Waals surface area contributed by atoms with Gasteiger partial charge >= 0.3 is 0 Å². The molecule has 2 rings (SSSR count). The number of amides is 1. The molecular weight excluding hydrogens is 384 g/mol. The van der Waals surface area contributed by atoms with Crippen LogP contribution in [0.5, 0.6) is 0 Å². The highest BCUT2D eigenvalue weighted by Crippen LogP contribution is 2.26. The molecule has 1 heterocycles. The van der Waals surface area contributed by atoms with Gasteiger partial charge in [0.2, 0.25) is 5.91 Å². The Bertz CT molecular complexity index is 857. The fourth-order valence-electron chi connectivity index (χ4n) is 3.14. The number of unbranched alkanes of at least 4 members (excludes halogenated alkanes) is 1. The molecule has 0 bridgehead atoms. The summed E-state index contributed by atoms with van der Waals surface area (Å²) in [5, 5.41) is 21.2. The normalized spacial score (nSPS) is 13.1. The lowest BCUT2D eigenvalue weighted by molar-refractivity contribution is -0.893. The van der Waals surface area contributed by atoms with Crippen molar-refractivity contribution in [2.45, 2.75) is 63.0 Å². The van der Waals surface area contributed by atoms with Crippen molar-refractivity contribution in [2.75, 3.05) is 19.4 Å². The van der Waals surface area contributed by atoms with Gasteiger partial charge in [-0.1, -0.05) is 38.1 Å². The van der Waals surface area contributed by atoms with Gasteiger partial charge in [0.05, 0.1) is 31.0 Å². The summed E-state index contributed by atoms with van der Waals surface area (Å²) in [7, 11) is 4.26. The van der Waals surface area contributed by atoms with E-state index in [0.29, 0.717) is 11.3 Å². The summed E-state index contributed by atoms with van der Waals surface area (Å²) < 4.78 is 2.18. The number of nitrogens with one attached hydrogen (secondary N) is 2. The molecule has 0 spiro atoms. The number of carbonyl (C=O) groups is 1.